The zero-order valence-electron chi connectivity index (χ0n) is 16.2. The van der Waals surface area contributed by atoms with Crippen molar-refractivity contribution in [3.05, 3.63) is 53.6 Å². The van der Waals surface area contributed by atoms with E-state index in [4.69, 9.17) is 11.6 Å². The molecule has 1 saturated heterocycles. The highest BCUT2D eigenvalue weighted by Crippen LogP contribution is 2.27. The Bertz CT molecular complexity index is 961. The first kappa shape index (κ1) is 22.1. The first-order valence-electron chi connectivity index (χ1n) is 9.40. The summed E-state index contributed by atoms with van der Waals surface area (Å²) < 4.78 is 27.4. The summed E-state index contributed by atoms with van der Waals surface area (Å²) in [5.74, 6) is -0.0410. The number of amides is 1. The summed E-state index contributed by atoms with van der Waals surface area (Å²) in [6, 6.07) is 13.7. The van der Waals surface area contributed by atoms with E-state index in [1.54, 1.807) is 24.3 Å². The summed E-state index contributed by atoms with van der Waals surface area (Å²) in [4.78, 5) is 15.5. The molecule has 0 aliphatic carbocycles. The molecule has 3 rings (SSSR count). The van der Waals surface area contributed by atoms with Crippen molar-refractivity contribution in [2.75, 3.05) is 43.8 Å². The molecule has 0 spiro atoms. The molecule has 1 fully saturated rings. The summed E-state index contributed by atoms with van der Waals surface area (Å²) in [6.45, 7) is 5.39. The third kappa shape index (κ3) is 5.73. The lowest BCUT2D eigenvalue weighted by atomic mass is 10.3. The molecule has 1 heterocycles. The lowest BCUT2D eigenvalue weighted by molar-refractivity contribution is -0.113. The minimum Gasteiger partial charge on any atom is -0.325 e. The zero-order chi connectivity index (χ0) is 20.9. The van der Waals surface area contributed by atoms with Gasteiger partial charge in [-0.05, 0) is 36.9 Å². The van der Waals surface area contributed by atoms with Gasteiger partial charge in [-0.3, -0.25) is 4.79 Å². The Morgan fingerprint density at radius 1 is 1.10 bits per heavy atom. The Morgan fingerprint density at radius 3 is 2.52 bits per heavy atom. The molecule has 1 aliphatic rings. The number of rotatable bonds is 7. The normalized spacial score (nSPS) is 15.9. The molecule has 0 saturated carbocycles. The van der Waals surface area contributed by atoms with E-state index in [1.807, 2.05) is 18.2 Å². The molecule has 0 atom stereocenters. The highest BCUT2D eigenvalue weighted by molar-refractivity contribution is 8.00. The van der Waals surface area contributed by atoms with Crippen LogP contribution in [0.1, 0.15) is 6.92 Å². The van der Waals surface area contributed by atoms with Crippen LogP contribution in [0.3, 0.4) is 0 Å². The van der Waals surface area contributed by atoms with Crippen LogP contribution in [-0.2, 0) is 14.8 Å². The number of carbonyl (C=O) groups excluding carboxylic acids is 1. The lowest BCUT2D eigenvalue weighted by Gasteiger charge is -2.33. The number of nitrogens with one attached hydrogen (secondary N) is 1. The van der Waals surface area contributed by atoms with Crippen LogP contribution in [0.15, 0.2) is 58.3 Å². The van der Waals surface area contributed by atoms with Gasteiger partial charge in [0.15, 0.2) is 0 Å². The van der Waals surface area contributed by atoms with Crippen molar-refractivity contribution in [3.63, 3.8) is 0 Å². The maximum atomic E-state index is 12.9. The number of sulfonamides is 1. The number of carbonyl (C=O) groups is 1. The second-order valence-corrected chi connectivity index (χ2v) is 10.00. The average Bonchev–Trinajstić information content (AvgIpc) is 2.73. The fourth-order valence-electron chi connectivity index (χ4n) is 3.07. The van der Waals surface area contributed by atoms with E-state index in [2.05, 4.69) is 17.1 Å². The minimum atomic E-state index is -3.58. The second kappa shape index (κ2) is 9.95. The number of nitrogens with zero attached hydrogens (tertiary/aromatic N) is 2. The topological polar surface area (TPSA) is 69.7 Å². The molecule has 9 heteroatoms. The van der Waals surface area contributed by atoms with Gasteiger partial charge in [-0.1, -0.05) is 36.7 Å². The van der Waals surface area contributed by atoms with E-state index < -0.39 is 10.0 Å². The van der Waals surface area contributed by atoms with Crippen molar-refractivity contribution in [2.24, 2.45) is 0 Å². The zero-order valence-corrected chi connectivity index (χ0v) is 18.6. The number of benzene rings is 2. The van der Waals surface area contributed by atoms with Gasteiger partial charge in [0.05, 0.1) is 15.7 Å². The van der Waals surface area contributed by atoms with Gasteiger partial charge < -0.3 is 10.2 Å². The average molecular weight is 454 g/mol. The van der Waals surface area contributed by atoms with Crippen LogP contribution in [0.25, 0.3) is 0 Å². The minimum absolute atomic E-state index is 0.180. The molecular formula is C20H24ClN3O3S2. The van der Waals surface area contributed by atoms with E-state index in [-0.39, 0.29) is 16.6 Å². The van der Waals surface area contributed by atoms with Gasteiger partial charge in [-0.25, -0.2) is 8.42 Å². The molecule has 0 bridgehead atoms. The number of hydrogen-bond donors (Lipinski definition) is 1. The van der Waals surface area contributed by atoms with Crippen molar-refractivity contribution in [3.8, 4) is 0 Å². The van der Waals surface area contributed by atoms with E-state index in [0.29, 0.717) is 23.8 Å². The molecule has 2 aromatic carbocycles. The Kier molecular flexibility index (Phi) is 7.59. The fraction of sp³-hybridized carbons (Fsp3) is 0.350. The third-order valence-corrected chi connectivity index (χ3v) is 8.14. The number of halogens is 1. The van der Waals surface area contributed by atoms with Crippen LogP contribution >= 0.6 is 23.4 Å². The number of thioether (sulfide) groups is 1. The molecular weight excluding hydrogens is 430 g/mol. The first-order valence-corrected chi connectivity index (χ1v) is 12.2. The third-order valence-electron chi connectivity index (χ3n) is 4.73. The van der Waals surface area contributed by atoms with E-state index in [1.165, 1.54) is 22.1 Å². The fourth-order valence-corrected chi connectivity index (χ4v) is 5.58. The largest absolute Gasteiger partial charge is 0.325 e. The van der Waals surface area contributed by atoms with Gasteiger partial charge in [0.1, 0.15) is 0 Å². The predicted molar refractivity (Wildman–Crippen MR) is 118 cm³/mol. The van der Waals surface area contributed by atoms with Gasteiger partial charge in [0, 0.05) is 36.8 Å². The van der Waals surface area contributed by atoms with E-state index in [9.17, 15) is 13.2 Å². The van der Waals surface area contributed by atoms with Crippen molar-refractivity contribution in [1.82, 2.24) is 9.21 Å². The first-order chi connectivity index (χ1) is 13.9. The van der Waals surface area contributed by atoms with Crippen LogP contribution in [0, 0.1) is 0 Å². The quantitative estimate of drug-likeness (QED) is 0.650. The van der Waals surface area contributed by atoms with Crippen LogP contribution < -0.4 is 5.32 Å². The summed E-state index contributed by atoms with van der Waals surface area (Å²) in [5, 5.41) is 3.37. The molecule has 1 aliphatic heterocycles. The highest BCUT2D eigenvalue weighted by atomic mass is 35.5. The van der Waals surface area contributed by atoms with Crippen LogP contribution in [0.2, 0.25) is 5.02 Å². The van der Waals surface area contributed by atoms with Gasteiger partial charge in [0.25, 0.3) is 0 Å². The molecule has 0 aromatic heterocycles. The van der Waals surface area contributed by atoms with Gasteiger partial charge in [0.2, 0.25) is 15.9 Å². The number of hydrogen-bond acceptors (Lipinski definition) is 5. The molecule has 1 amide bonds. The SMILES string of the molecule is CCN1CCN(S(=O)(=O)c2cccc(NC(=O)CSc3ccccc3Cl)c2)CC1. The number of anilines is 1. The van der Waals surface area contributed by atoms with E-state index in [0.717, 1.165) is 24.5 Å². The summed E-state index contributed by atoms with van der Waals surface area (Å²) in [6.07, 6.45) is 0. The van der Waals surface area contributed by atoms with Gasteiger partial charge in [-0.2, -0.15) is 4.31 Å². The Hall–Kier alpha value is -1.58. The van der Waals surface area contributed by atoms with E-state index >= 15 is 0 Å². The van der Waals surface area contributed by atoms with Crippen molar-refractivity contribution in [2.45, 2.75) is 16.7 Å². The maximum Gasteiger partial charge on any atom is 0.243 e. The molecule has 2 aromatic rings. The second-order valence-electron chi connectivity index (χ2n) is 6.63. The van der Waals surface area contributed by atoms with Crippen molar-refractivity contribution < 1.29 is 13.2 Å². The van der Waals surface area contributed by atoms with Gasteiger partial charge in [-0.15, -0.1) is 11.8 Å². The van der Waals surface area contributed by atoms with Crippen molar-refractivity contribution >= 4 is 45.0 Å². The Labute approximate surface area is 181 Å². The summed E-state index contributed by atoms with van der Waals surface area (Å²) >= 11 is 7.44. The molecule has 156 valence electrons. The van der Waals surface area contributed by atoms with Crippen LogP contribution in [-0.4, -0.2) is 62.0 Å². The Balaban J connectivity index is 1.63. The monoisotopic (exact) mass is 453 g/mol. The Morgan fingerprint density at radius 2 is 1.83 bits per heavy atom. The smallest absolute Gasteiger partial charge is 0.243 e. The molecule has 0 unspecified atom stereocenters. The lowest BCUT2D eigenvalue weighted by Crippen LogP contribution is -2.48. The summed E-state index contributed by atoms with van der Waals surface area (Å²) in [7, 11) is -3.58. The van der Waals surface area contributed by atoms with Crippen LogP contribution in [0.4, 0.5) is 5.69 Å². The standard InChI is InChI=1S/C20H24ClN3O3S2/c1-2-23-10-12-24(13-11-23)29(26,27)17-7-5-6-16(14-17)22-20(25)15-28-19-9-4-3-8-18(19)21/h3-9,14H,2,10-13,15H2,1H3,(H,22,25). The molecule has 6 nitrogen and oxygen atoms in total. The summed E-state index contributed by atoms with van der Waals surface area (Å²) in [5.41, 5.74) is 0.461. The van der Waals surface area contributed by atoms with Crippen molar-refractivity contribution in [1.29, 1.82) is 0 Å². The highest BCUT2D eigenvalue weighted by Gasteiger charge is 2.28. The maximum absolute atomic E-state index is 12.9. The predicted octanol–water partition coefficient (Wildman–Crippen LogP) is 3.40. The molecule has 1 N–H and O–H groups in total. The number of likely N-dealkylation sites (N-methyl/N-ethyl adjacent to an activating group) is 1. The van der Waals surface area contributed by atoms with Gasteiger partial charge >= 0.3 is 0 Å². The molecule has 29 heavy (non-hydrogen) atoms. The molecule has 0 radical (unpaired) electrons. The number of piperazine rings is 1. The van der Waals surface area contributed by atoms with Crippen LogP contribution in [0.5, 0.6) is 0 Å².